The number of anilines is 1. The molecule has 2 aromatic carbocycles. The average molecular weight is 566 g/mol. The van der Waals surface area contributed by atoms with E-state index in [1.54, 1.807) is 25.7 Å². The second-order valence-corrected chi connectivity index (χ2v) is 12.2. The quantitative estimate of drug-likeness (QED) is 0.230. The fourth-order valence-corrected chi connectivity index (χ4v) is 4.81. The molecule has 7 heteroatoms. The monoisotopic (exact) mass is 565 g/mol. The van der Waals surface area contributed by atoms with Gasteiger partial charge in [0.25, 0.3) is 5.91 Å². The number of para-hydroxylation sites is 1. The lowest BCUT2D eigenvalue weighted by molar-refractivity contribution is -0.141. The van der Waals surface area contributed by atoms with Crippen molar-refractivity contribution in [3.05, 3.63) is 65.2 Å². The summed E-state index contributed by atoms with van der Waals surface area (Å²) in [6, 6.07) is 13.6. The molecule has 0 saturated carbocycles. The number of unbranched alkanes of at least 4 members (excludes halogenated alkanes) is 5. The molecule has 226 valence electrons. The second kappa shape index (κ2) is 16.2. The van der Waals surface area contributed by atoms with Crippen LogP contribution in [0.4, 0.5) is 10.5 Å². The van der Waals surface area contributed by atoms with Crippen molar-refractivity contribution in [1.29, 1.82) is 0 Å². The number of benzene rings is 2. The van der Waals surface area contributed by atoms with E-state index in [9.17, 15) is 14.4 Å². The summed E-state index contributed by atoms with van der Waals surface area (Å²) in [5, 5.41) is 5.89. The third-order valence-electron chi connectivity index (χ3n) is 7.09. The number of aryl methyl sites for hydroxylation is 2. The Balaban J connectivity index is 2.51. The van der Waals surface area contributed by atoms with Crippen molar-refractivity contribution in [2.24, 2.45) is 5.92 Å². The molecule has 0 spiro atoms. The zero-order chi connectivity index (χ0) is 30.6. The number of ether oxygens (including phenoxy) is 1. The lowest BCUT2D eigenvalue weighted by Crippen LogP contribution is -2.54. The topological polar surface area (TPSA) is 87.7 Å². The molecule has 3 amide bonds. The fraction of sp³-hybridized carbons (Fsp3) is 0.559. The van der Waals surface area contributed by atoms with Crippen molar-refractivity contribution >= 4 is 23.6 Å². The number of hydrogen-bond acceptors (Lipinski definition) is 4. The normalized spacial score (nSPS) is 12.9. The summed E-state index contributed by atoms with van der Waals surface area (Å²) < 4.78 is 5.49. The molecule has 0 radical (unpaired) electrons. The first-order chi connectivity index (χ1) is 19.4. The van der Waals surface area contributed by atoms with E-state index in [2.05, 4.69) is 17.6 Å². The Morgan fingerprint density at radius 2 is 1.44 bits per heavy atom. The van der Waals surface area contributed by atoms with Crippen molar-refractivity contribution in [3.63, 3.8) is 0 Å². The van der Waals surface area contributed by atoms with Gasteiger partial charge in [0.1, 0.15) is 17.7 Å². The number of rotatable bonds is 14. The number of carbonyl (C=O) groups is 3. The average Bonchev–Trinajstić information content (AvgIpc) is 2.89. The number of carbonyl (C=O) groups excluding carboxylic acids is 3. The van der Waals surface area contributed by atoms with Gasteiger partial charge >= 0.3 is 6.09 Å². The van der Waals surface area contributed by atoms with Crippen LogP contribution in [-0.2, 0) is 14.3 Å². The van der Waals surface area contributed by atoms with Crippen LogP contribution in [0.3, 0.4) is 0 Å². The zero-order valence-corrected chi connectivity index (χ0v) is 26.4. The molecule has 0 aliphatic rings. The lowest BCUT2D eigenvalue weighted by Gasteiger charge is -2.36. The van der Waals surface area contributed by atoms with Gasteiger partial charge in [0.2, 0.25) is 5.91 Å². The summed E-state index contributed by atoms with van der Waals surface area (Å²) in [6.07, 6.45) is 5.62. The Morgan fingerprint density at radius 1 is 0.854 bits per heavy atom. The Kier molecular flexibility index (Phi) is 13.4. The largest absolute Gasteiger partial charge is 0.444 e. The molecule has 2 N–H and O–H groups in total. The van der Waals surface area contributed by atoms with Crippen LogP contribution in [0, 0.1) is 19.8 Å². The molecule has 2 rings (SSSR count). The SMILES string of the molecule is CCCCCCCCN(C(=O)C(NC(=O)OC(C)(C)C)C(C)C)C(C(=O)Nc1ccccc1C)c1ccccc1C. The van der Waals surface area contributed by atoms with E-state index in [4.69, 9.17) is 4.74 Å². The maximum atomic E-state index is 14.4. The molecule has 0 fully saturated rings. The second-order valence-electron chi connectivity index (χ2n) is 12.2. The molecular formula is C34H51N3O4. The molecule has 0 saturated heterocycles. The van der Waals surface area contributed by atoms with Gasteiger partial charge in [-0.15, -0.1) is 0 Å². The molecule has 0 heterocycles. The summed E-state index contributed by atoms with van der Waals surface area (Å²) >= 11 is 0. The molecule has 2 atom stereocenters. The smallest absolute Gasteiger partial charge is 0.408 e. The third kappa shape index (κ3) is 10.9. The van der Waals surface area contributed by atoms with Gasteiger partial charge in [0.15, 0.2) is 0 Å². The van der Waals surface area contributed by atoms with Gasteiger partial charge in [0.05, 0.1) is 0 Å². The van der Waals surface area contributed by atoms with Gasteiger partial charge in [-0.2, -0.15) is 0 Å². The molecule has 0 aromatic heterocycles. The van der Waals surface area contributed by atoms with Crippen LogP contribution in [0.15, 0.2) is 48.5 Å². The molecule has 0 aliphatic heterocycles. The van der Waals surface area contributed by atoms with Gasteiger partial charge in [-0.1, -0.05) is 95.3 Å². The number of nitrogens with zero attached hydrogens (tertiary/aromatic N) is 1. The molecule has 2 unspecified atom stereocenters. The molecule has 0 bridgehead atoms. The van der Waals surface area contributed by atoms with E-state index in [-0.39, 0.29) is 17.7 Å². The van der Waals surface area contributed by atoms with Crippen LogP contribution in [0.25, 0.3) is 0 Å². The van der Waals surface area contributed by atoms with Crippen molar-refractivity contribution in [2.45, 2.75) is 112 Å². The molecule has 2 aromatic rings. The summed E-state index contributed by atoms with van der Waals surface area (Å²) in [6.45, 7) is 15.6. The van der Waals surface area contributed by atoms with Gasteiger partial charge in [0, 0.05) is 12.2 Å². The molecule has 7 nitrogen and oxygen atoms in total. The highest BCUT2D eigenvalue weighted by molar-refractivity contribution is 5.99. The highest BCUT2D eigenvalue weighted by Gasteiger charge is 2.38. The van der Waals surface area contributed by atoms with Crippen molar-refractivity contribution in [3.8, 4) is 0 Å². The van der Waals surface area contributed by atoms with Crippen LogP contribution in [0.1, 0.15) is 103 Å². The first kappa shape index (κ1) is 33.9. The predicted molar refractivity (Wildman–Crippen MR) is 167 cm³/mol. The zero-order valence-electron chi connectivity index (χ0n) is 26.4. The Labute approximate surface area is 247 Å². The number of hydrogen-bond donors (Lipinski definition) is 2. The maximum Gasteiger partial charge on any atom is 0.408 e. The summed E-state index contributed by atoms with van der Waals surface area (Å²) in [4.78, 5) is 42.9. The minimum Gasteiger partial charge on any atom is -0.444 e. The minimum atomic E-state index is -0.874. The van der Waals surface area contributed by atoms with Crippen LogP contribution < -0.4 is 10.6 Å². The summed E-state index contributed by atoms with van der Waals surface area (Å²) in [5.74, 6) is -0.806. The third-order valence-corrected chi connectivity index (χ3v) is 7.09. The van der Waals surface area contributed by atoms with E-state index in [0.29, 0.717) is 12.2 Å². The minimum absolute atomic E-state index is 0.223. The van der Waals surface area contributed by atoms with Gasteiger partial charge in [-0.25, -0.2) is 4.79 Å². The van der Waals surface area contributed by atoms with E-state index in [0.717, 1.165) is 48.8 Å². The first-order valence-electron chi connectivity index (χ1n) is 15.1. The number of alkyl carbamates (subject to hydrolysis) is 1. The van der Waals surface area contributed by atoms with Gasteiger partial charge in [-0.3, -0.25) is 9.59 Å². The number of amides is 3. The highest BCUT2D eigenvalue weighted by atomic mass is 16.6. The van der Waals surface area contributed by atoms with Crippen LogP contribution in [0.2, 0.25) is 0 Å². The van der Waals surface area contributed by atoms with E-state index in [1.807, 2.05) is 76.2 Å². The Morgan fingerprint density at radius 3 is 2.02 bits per heavy atom. The summed E-state index contributed by atoms with van der Waals surface area (Å²) in [7, 11) is 0. The summed E-state index contributed by atoms with van der Waals surface area (Å²) in [5.41, 5.74) is 2.61. The number of nitrogens with one attached hydrogen (secondary N) is 2. The van der Waals surface area contributed by atoms with E-state index < -0.39 is 23.8 Å². The van der Waals surface area contributed by atoms with Gasteiger partial charge in [-0.05, 0) is 69.7 Å². The van der Waals surface area contributed by atoms with Crippen molar-refractivity contribution in [1.82, 2.24) is 10.2 Å². The molecule has 41 heavy (non-hydrogen) atoms. The fourth-order valence-electron chi connectivity index (χ4n) is 4.81. The molecular weight excluding hydrogens is 514 g/mol. The first-order valence-corrected chi connectivity index (χ1v) is 15.1. The van der Waals surface area contributed by atoms with Crippen LogP contribution in [0.5, 0.6) is 0 Å². The van der Waals surface area contributed by atoms with Crippen LogP contribution >= 0.6 is 0 Å². The Hall–Kier alpha value is -3.35. The maximum absolute atomic E-state index is 14.4. The highest BCUT2D eigenvalue weighted by Crippen LogP contribution is 2.29. The van der Waals surface area contributed by atoms with E-state index in [1.165, 1.54) is 6.42 Å². The van der Waals surface area contributed by atoms with E-state index >= 15 is 0 Å². The van der Waals surface area contributed by atoms with Crippen molar-refractivity contribution in [2.75, 3.05) is 11.9 Å². The predicted octanol–water partition coefficient (Wildman–Crippen LogP) is 7.72. The standard InChI is InChI=1S/C34H51N3O4/c1-9-10-11-12-13-18-23-37(32(39)29(24(2)3)36-33(40)41-34(6,7)8)30(27-21-16-14-19-25(27)4)31(38)35-28-22-17-15-20-26(28)5/h14-17,19-22,24,29-30H,9-13,18,23H2,1-8H3,(H,35,38)(H,36,40). The lowest BCUT2D eigenvalue weighted by atomic mass is 9.95. The van der Waals surface area contributed by atoms with Crippen molar-refractivity contribution < 1.29 is 19.1 Å². The van der Waals surface area contributed by atoms with Crippen LogP contribution in [-0.4, -0.2) is 41.0 Å². The molecule has 0 aliphatic carbocycles. The Bertz CT molecular complexity index is 1140. The van der Waals surface area contributed by atoms with Gasteiger partial charge < -0.3 is 20.3 Å².